The first-order valence-electron chi connectivity index (χ1n) is 11.6. The maximum absolute atomic E-state index is 14.0. The molecule has 2 heterocycles. The van der Waals surface area contributed by atoms with Crippen LogP contribution in [0.25, 0.3) is 22.4 Å². The number of hydrogen-bond acceptors (Lipinski definition) is 3. The monoisotopic (exact) mass is 437 g/mol. The van der Waals surface area contributed by atoms with Crippen LogP contribution >= 0.6 is 0 Å². The first kappa shape index (κ1) is 21.2. The number of aromatic nitrogens is 1. The minimum absolute atomic E-state index is 0.0739. The molecule has 0 saturated heterocycles. The summed E-state index contributed by atoms with van der Waals surface area (Å²) in [6, 6.07) is 19.8. The number of benzene rings is 2. The number of Topliss-reactive ketones (excluding diaryl/α,β-unsaturated/α-hetero) is 2. The maximum Gasteiger partial charge on any atom is 0.211 e. The Balaban J connectivity index is 1.82. The van der Waals surface area contributed by atoms with Crippen molar-refractivity contribution in [2.45, 2.75) is 33.1 Å². The normalized spacial score (nSPS) is 15.5. The molecule has 0 atom stereocenters. The summed E-state index contributed by atoms with van der Waals surface area (Å²) in [5, 5.41) is 0. The summed E-state index contributed by atoms with van der Waals surface area (Å²) in [5.74, 6) is 0.678. The number of fused-ring (bicyclic) bond motifs is 1. The van der Waals surface area contributed by atoms with Crippen molar-refractivity contribution < 1.29 is 14.3 Å². The van der Waals surface area contributed by atoms with E-state index in [0.29, 0.717) is 28.8 Å². The van der Waals surface area contributed by atoms with E-state index in [0.717, 1.165) is 46.6 Å². The van der Waals surface area contributed by atoms with Gasteiger partial charge in [0.15, 0.2) is 5.78 Å². The van der Waals surface area contributed by atoms with Crippen molar-refractivity contribution in [1.82, 2.24) is 4.57 Å². The van der Waals surface area contributed by atoms with E-state index in [4.69, 9.17) is 4.74 Å². The van der Waals surface area contributed by atoms with Gasteiger partial charge < -0.3 is 9.30 Å². The van der Waals surface area contributed by atoms with E-state index >= 15 is 0 Å². The Morgan fingerprint density at radius 1 is 0.818 bits per heavy atom. The maximum atomic E-state index is 14.0. The second kappa shape index (κ2) is 8.36. The smallest absolute Gasteiger partial charge is 0.211 e. The molecule has 1 aliphatic carbocycles. The van der Waals surface area contributed by atoms with E-state index in [-0.39, 0.29) is 18.2 Å². The zero-order valence-electron chi connectivity index (χ0n) is 19.3. The van der Waals surface area contributed by atoms with Gasteiger partial charge in [-0.1, -0.05) is 74.5 Å². The SMILES string of the molecule is CCCC1=C(CC)C2=C(CO1)C(=O)c1c(-c3ccccc3)c(-c3ccccc3)n(C)c1C2=O. The fraction of sp³-hybridized carbons (Fsp3) is 0.241. The number of rotatable bonds is 5. The van der Waals surface area contributed by atoms with Crippen LogP contribution in [0.4, 0.5) is 0 Å². The Hall–Kier alpha value is -3.66. The van der Waals surface area contributed by atoms with Gasteiger partial charge in [-0.15, -0.1) is 0 Å². The van der Waals surface area contributed by atoms with Crippen LogP contribution in [0.1, 0.15) is 54.0 Å². The van der Waals surface area contributed by atoms with Gasteiger partial charge >= 0.3 is 0 Å². The Kier molecular flexibility index (Phi) is 5.37. The molecule has 0 bridgehead atoms. The minimum atomic E-state index is -0.0993. The van der Waals surface area contributed by atoms with Crippen molar-refractivity contribution >= 4 is 11.6 Å². The van der Waals surface area contributed by atoms with E-state index in [1.165, 1.54) is 0 Å². The first-order chi connectivity index (χ1) is 16.1. The molecule has 3 aromatic rings. The molecule has 33 heavy (non-hydrogen) atoms. The summed E-state index contributed by atoms with van der Waals surface area (Å²) in [6.07, 6.45) is 2.35. The molecule has 4 heteroatoms. The van der Waals surface area contributed by atoms with Crippen molar-refractivity contribution in [3.8, 4) is 22.4 Å². The standard InChI is InChI=1S/C29H27NO3/c1-4-12-22-20(5-2)24-21(17-33-22)28(31)25-23(18-13-8-6-9-14-18)26(19-15-10-7-11-16-19)30(3)27(25)29(24)32/h6-11,13-16H,4-5,12,17H2,1-3H3. The molecular formula is C29H27NO3. The topological polar surface area (TPSA) is 48.3 Å². The highest BCUT2D eigenvalue weighted by molar-refractivity contribution is 6.31. The van der Waals surface area contributed by atoms with E-state index in [1.807, 2.05) is 79.2 Å². The van der Waals surface area contributed by atoms with Crippen molar-refractivity contribution in [2.24, 2.45) is 7.05 Å². The summed E-state index contributed by atoms with van der Waals surface area (Å²) in [6.45, 7) is 4.27. The summed E-state index contributed by atoms with van der Waals surface area (Å²) in [7, 11) is 1.89. The average molecular weight is 438 g/mol. The molecule has 166 valence electrons. The zero-order chi connectivity index (χ0) is 23.1. The molecule has 1 aliphatic heterocycles. The number of carbonyl (C=O) groups excluding carboxylic acids is 2. The Labute approximate surface area is 194 Å². The lowest BCUT2D eigenvalue weighted by atomic mass is 9.79. The van der Waals surface area contributed by atoms with Crippen molar-refractivity contribution in [3.63, 3.8) is 0 Å². The lowest BCUT2D eigenvalue weighted by Crippen LogP contribution is -2.30. The molecule has 2 aliphatic rings. The summed E-state index contributed by atoms with van der Waals surface area (Å²) in [4.78, 5) is 28.0. The molecule has 0 unspecified atom stereocenters. The zero-order valence-corrected chi connectivity index (χ0v) is 19.3. The molecule has 0 spiro atoms. The molecule has 0 amide bonds. The lowest BCUT2D eigenvalue weighted by molar-refractivity contribution is 0.0942. The molecular weight excluding hydrogens is 410 g/mol. The van der Waals surface area contributed by atoms with E-state index < -0.39 is 0 Å². The van der Waals surface area contributed by atoms with Gasteiger partial charge in [0.2, 0.25) is 5.78 Å². The molecule has 5 rings (SSSR count). The molecule has 0 radical (unpaired) electrons. The van der Waals surface area contributed by atoms with Crippen LogP contribution in [0.2, 0.25) is 0 Å². The highest BCUT2D eigenvalue weighted by Crippen LogP contribution is 2.45. The third-order valence-electron chi connectivity index (χ3n) is 6.61. The van der Waals surface area contributed by atoms with Gasteiger partial charge in [0, 0.05) is 35.8 Å². The van der Waals surface area contributed by atoms with Gasteiger partial charge in [-0.25, -0.2) is 0 Å². The van der Waals surface area contributed by atoms with E-state index in [9.17, 15) is 9.59 Å². The average Bonchev–Trinajstić information content (AvgIpc) is 3.16. The van der Waals surface area contributed by atoms with Crippen molar-refractivity contribution in [1.29, 1.82) is 0 Å². The highest BCUT2D eigenvalue weighted by atomic mass is 16.5. The van der Waals surface area contributed by atoms with Crippen LogP contribution in [-0.2, 0) is 11.8 Å². The van der Waals surface area contributed by atoms with Crippen LogP contribution in [0.3, 0.4) is 0 Å². The largest absolute Gasteiger partial charge is 0.493 e. The second-order valence-corrected chi connectivity index (χ2v) is 8.54. The highest BCUT2D eigenvalue weighted by Gasteiger charge is 2.42. The first-order valence-corrected chi connectivity index (χ1v) is 11.6. The van der Waals surface area contributed by atoms with E-state index in [2.05, 4.69) is 6.92 Å². The number of nitrogens with zero attached hydrogens (tertiary/aromatic N) is 1. The van der Waals surface area contributed by atoms with Gasteiger partial charge in [-0.05, 0) is 24.0 Å². The molecule has 0 N–H and O–H groups in total. The quantitative estimate of drug-likeness (QED) is 0.456. The fourth-order valence-electron chi connectivity index (χ4n) is 5.18. The van der Waals surface area contributed by atoms with Crippen LogP contribution in [0.15, 0.2) is 83.1 Å². The predicted molar refractivity (Wildman–Crippen MR) is 130 cm³/mol. The molecule has 0 saturated carbocycles. The third-order valence-corrected chi connectivity index (χ3v) is 6.61. The van der Waals surface area contributed by atoms with Crippen molar-refractivity contribution in [3.05, 3.63) is 94.4 Å². The lowest BCUT2D eigenvalue weighted by Gasteiger charge is -2.28. The van der Waals surface area contributed by atoms with Crippen LogP contribution in [0, 0.1) is 0 Å². The summed E-state index contributed by atoms with van der Waals surface area (Å²) in [5.41, 5.74) is 6.48. The number of allylic oxidation sites excluding steroid dienone is 3. The van der Waals surface area contributed by atoms with Gasteiger partial charge in [-0.3, -0.25) is 9.59 Å². The van der Waals surface area contributed by atoms with Crippen LogP contribution in [0.5, 0.6) is 0 Å². The van der Waals surface area contributed by atoms with E-state index in [1.54, 1.807) is 0 Å². The van der Waals surface area contributed by atoms with Gasteiger partial charge in [0.25, 0.3) is 0 Å². The van der Waals surface area contributed by atoms with Gasteiger partial charge in [-0.2, -0.15) is 0 Å². The van der Waals surface area contributed by atoms with Crippen LogP contribution in [-0.4, -0.2) is 22.7 Å². The third kappa shape index (κ3) is 3.20. The minimum Gasteiger partial charge on any atom is -0.493 e. The Morgan fingerprint density at radius 3 is 2.06 bits per heavy atom. The van der Waals surface area contributed by atoms with Crippen molar-refractivity contribution in [2.75, 3.05) is 6.61 Å². The summed E-state index contributed by atoms with van der Waals surface area (Å²) >= 11 is 0. The summed E-state index contributed by atoms with van der Waals surface area (Å²) < 4.78 is 7.95. The molecule has 0 fully saturated rings. The molecule has 2 aromatic carbocycles. The van der Waals surface area contributed by atoms with Crippen LogP contribution < -0.4 is 0 Å². The molecule has 4 nitrogen and oxygen atoms in total. The molecule has 1 aromatic heterocycles. The number of carbonyl (C=O) groups is 2. The van der Waals surface area contributed by atoms with Gasteiger partial charge in [0.05, 0.1) is 11.3 Å². The number of ether oxygens (including phenoxy) is 1. The fourth-order valence-corrected chi connectivity index (χ4v) is 5.18. The number of ketones is 2. The van der Waals surface area contributed by atoms with Gasteiger partial charge in [0.1, 0.15) is 18.1 Å². The second-order valence-electron chi connectivity index (χ2n) is 8.54. The number of hydrogen-bond donors (Lipinski definition) is 0. The predicted octanol–water partition coefficient (Wildman–Crippen LogP) is 6.53. The Morgan fingerprint density at radius 2 is 1.45 bits per heavy atom. The Bertz CT molecular complexity index is 1320.